The molecule has 0 aliphatic carbocycles. The molecule has 6 N–H and O–H groups in total. The lowest BCUT2D eigenvalue weighted by Crippen LogP contribution is -2.36. The number of carbonyl (C=O) groups is 2. The van der Waals surface area contributed by atoms with E-state index in [0.717, 1.165) is 115 Å². The zero-order valence-electron chi connectivity index (χ0n) is 23.3. The second-order valence-electron chi connectivity index (χ2n) is 10.8. The minimum absolute atomic E-state index is 0.0415. The molecule has 0 spiro atoms. The molecule has 3 atom stereocenters. The second kappa shape index (κ2) is 17.0. The first kappa shape index (κ1) is 30.0. The van der Waals surface area contributed by atoms with Gasteiger partial charge in [0.15, 0.2) is 0 Å². The molecular weight excluding hydrogens is 516 g/mol. The van der Waals surface area contributed by atoms with E-state index in [1.54, 1.807) is 0 Å². The van der Waals surface area contributed by atoms with Crippen molar-refractivity contribution >= 4 is 23.7 Å². The van der Waals surface area contributed by atoms with Crippen molar-refractivity contribution in [1.29, 1.82) is 0 Å². The molecule has 3 aliphatic rings. The lowest BCUT2D eigenvalue weighted by Gasteiger charge is -2.22. The molecule has 12 nitrogen and oxygen atoms in total. The summed E-state index contributed by atoms with van der Waals surface area (Å²) in [5, 5.41) is 28.7. The number of nitrogens with zero attached hydrogens (tertiary/aromatic N) is 4. The third kappa shape index (κ3) is 10.9. The number of nitrogens with one attached hydrogen (secondary N) is 6. The maximum atomic E-state index is 12.2. The summed E-state index contributed by atoms with van der Waals surface area (Å²) in [4.78, 5) is 26.2. The quantitative estimate of drug-likeness (QED) is 0.160. The number of rotatable bonds is 11. The van der Waals surface area contributed by atoms with E-state index in [4.69, 9.17) is 0 Å². The van der Waals surface area contributed by atoms with Crippen LogP contribution in [-0.4, -0.2) is 114 Å². The maximum absolute atomic E-state index is 12.2. The van der Waals surface area contributed by atoms with E-state index < -0.39 is 0 Å². The van der Waals surface area contributed by atoms with E-state index in [0.29, 0.717) is 18.2 Å². The van der Waals surface area contributed by atoms with Gasteiger partial charge < -0.3 is 31.9 Å². The van der Waals surface area contributed by atoms with Gasteiger partial charge >= 0.3 is 6.03 Å². The molecule has 0 aromatic carbocycles. The van der Waals surface area contributed by atoms with Crippen LogP contribution in [0.15, 0.2) is 6.20 Å². The lowest BCUT2D eigenvalue weighted by atomic mass is 10.0. The standard InChI is InChI=1S/C26H48N10O2S/c37-24(7-2-1-6-23-25-22(20-39-23)31-26(38)32-25)30-11-5-16-36-19-21(33-34-36)18-35-15-4-10-28-13-12-27-8-3-9-29-14-17-35/h19,22-23,25,27-29H,1-18,20H2,(H,30,37)(H2,31,32,38). The van der Waals surface area contributed by atoms with Crippen LogP contribution in [-0.2, 0) is 17.9 Å². The summed E-state index contributed by atoms with van der Waals surface area (Å²) in [6.45, 7) is 10.4. The van der Waals surface area contributed by atoms with Crippen molar-refractivity contribution < 1.29 is 9.59 Å². The fourth-order valence-electron chi connectivity index (χ4n) is 5.41. The predicted octanol–water partition coefficient (Wildman–Crippen LogP) is -0.125. The van der Waals surface area contributed by atoms with Crippen LogP contribution in [0.1, 0.15) is 50.6 Å². The fraction of sp³-hybridized carbons (Fsp3) is 0.846. The van der Waals surface area contributed by atoms with Crippen LogP contribution in [0.4, 0.5) is 4.79 Å². The number of fused-ring (bicyclic) bond motifs is 1. The van der Waals surface area contributed by atoms with Gasteiger partial charge in [0.1, 0.15) is 0 Å². The number of unbranched alkanes of at least 4 members (excludes halogenated alkanes) is 1. The first-order chi connectivity index (χ1) is 19.2. The van der Waals surface area contributed by atoms with Crippen LogP contribution in [0.5, 0.6) is 0 Å². The number of aryl methyl sites for hydroxylation is 1. The molecule has 0 radical (unpaired) electrons. The van der Waals surface area contributed by atoms with Gasteiger partial charge in [-0.2, -0.15) is 11.8 Å². The van der Waals surface area contributed by atoms with Crippen LogP contribution >= 0.6 is 11.8 Å². The molecule has 1 aromatic rings. The number of hydrogen-bond donors (Lipinski definition) is 6. The van der Waals surface area contributed by atoms with E-state index in [1.807, 2.05) is 22.6 Å². The summed E-state index contributed by atoms with van der Waals surface area (Å²) in [6.07, 6.45) is 8.62. The molecule has 39 heavy (non-hydrogen) atoms. The van der Waals surface area contributed by atoms with E-state index in [9.17, 15) is 9.59 Å². The summed E-state index contributed by atoms with van der Waals surface area (Å²) in [5.41, 5.74) is 0.997. The third-order valence-corrected chi connectivity index (χ3v) is 9.07. The third-order valence-electron chi connectivity index (χ3n) is 7.56. The normalized spacial score (nSPS) is 25.4. The molecule has 4 heterocycles. The molecule has 13 heteroatoms. The maximum Gasteiger partial charge on any atom is 0.315 e. The fourth-order valence-corrected chi connectivity index (χ4v) is 6.95. The average Bonchev–Trinajstić information content (AvgIpc) is 3.63. The highest BCUT2D eigenvalue weighted by molar-refractivity contribution is 8.00. The van der Waals surface area contributed by atoms with E-state index in [2.05, 4.69) is 47.1 Å². The Morgan fingerprint density at radius 1 is 1.00 bits per heavy atom. The molecule has 4 rings (SSSR count). The SMILES string of the molecule is O=C(CCCCC1SCC2NC(=O)NC21)NCCCn1cc(CN2CCCNCCNCCCNCC2)nn1. The Morgan fingerprint density at radius 3 is 2.69 bits per heavy atom. The van der Waals surface area contributed by atoms with E-state index >= 15 is 0 Å². The van der Waals surface area contributed by atoms with Crippen molar-refractivity contribution in [3.8, 4) is 0 Å². The van der Waals surface area contributed by atoms with Gasteiger partial charge in [0, 0.05) is 69.4 Å². The van der Waals surface area contributed by atoms with Crippen LogP contribution in [0, 0.1) is 0 Å². The highest BCUT2D eigenvalue weighted by Crippen LogP contribution is 2.33. The second-order valence-corrected chi connectivity index (χ2v) is 12.0. The van der Waals surface area contributed by atoms with E-state index in [1.165, 1.54) is 0 Å². The Bertz CT molecular complexity index is 858. The first-order valence-corrected chi connectivity index (χ1v) is 15.9. The van der Waals surface area contributed by atoms with Gasteiger partial charge in [0.25, 0.3) is 0 Å². The Labute approximate surface area is 236 Å². The van der Waals surface area contributed by atoms with Crippen molar-refractivity contribution in [1.82, 2.24) is 51.8 Å². The number of carbonyl (C=O) groups excluding carboxylic acids is 2. The minimum Gasteiger partial charge on any atom is -0.356 e. The van der Waals surface area contributed by atoms with Crippen molar-refractivity contribution in [3.63, 3.8) is 0 Å². The lowest BCUT2D eigenvalue weighted by molar-refractivity contribution is -0.121. The summed E-state index contributed by atoms with van der Waals surface area (Å²) in [7, 11) is 0. The number of thioether (sulfide) groups is 1. The topological polar surface area (TPSA) is 140 Å². The molecule has 3 fully saturated rings. The number of hydrogen-bond acceptors (Lipinski definition) is 9. The molecule has 3 amide bonds. The zero-order chi connectivity index (χ0) is 27.1. The van der Waals surface area contributed by atoms with Gasteiger partial charge in [-0.3, -0.25) is 14.4 Å². The Kier molecular flexibility index (Phi) is 13.1. The summed E-state index contributed by atoms with van der Waals surface area (Å²) in [5.74, 6) is 1.09. The van der Waals surface area contributed by atoms with Gasteiger partial charge in [0.2, 0.25) is 5.91 Å². The van der Waals surface area contributed by atoms with Crippen LogP contribution in [0.2, 0.25) is 0 Å². The summed E-state index contributed by atoms with van der Waals surface area (Å²) < 4.78 is 1.89. The highest BCUT2D eigenvalue weighted by Gasteiger charge is 2.42. The van der Waals surface area contributed by atoms with Crippen LogP contribution in [0.3, 0.4) is 0 Å². The van der Waals surface area contributed by atoms with Crippen LogP contribution in [0.25, 0.3) is 0 Å². The number of aromatic nitrogens is 3. The average molecular weight is 565 g/mol. The number of urea groups is 1. The largest absolute Gasteiger partial charge is 0.356 e. The Hall–Kier alpha value is -1.93. The van der Waals surface area contributed by atoms with Gasteiger partial charge in [0.05, 0.1) is 17.8 Å². The zero-order valence-corrected chi connectivity index (χ0v) is 24.1. The Morgan fingerprint density at radius 2 is 1.82 bits per heavy atom. The van der Waals surface area contributed by atoms with Gasteiger partial charge in [-0.1, -0.05) is 11.6 Å². The van der Waals surface area contributed by atoms with Gasteiger partial charge in [-0.25, -0.2) is 4.79 Å². The molecule has 3 aliphatic heterocycles. The monoisotopic (exact) mass is 564 g/mol. The molecule has 1 aromatic heterocycles. The Balaban J connectivity index is 1.05. The molecule has 0 saturated carbocycles. The van der Waals surface area contributed by atoms with Crippen molar-refractivity contribution in [2.75, 3.05) is 64.7 Å². The summed E-state index contributed by atoms with van der Waals surface area (Å²) in [6, 6.07) is 0.467. The van der Waals surface area contributed by atoms with Gasteiger partial charge in [-0.15, -0.1) is 5.10 Å². The predicted molar refractivity (Wildman–Crippen MR) is 155 cm³/mol. The molecule has 3 unspecified atom stereocenters. The first-order valence-electron chi connectivity index (χ1n) is 14.9. The van der Waals surface area contributed by atoms with Crippen molar-refractivity contribution in [2.45, 2.75) is 75.4 Å². The van der Waals surface area contributed by atoms with E-state index in [-0.39, 0.29) is 24.0 Å². The van der Waals surface area contributed by atoms with Gasteiger partial charge in [-0.05, 0) is 58.3 Å². The van der Waals surface area contributed by atoms with Crippen molar-refractivity contribution in [2.24, 2.45) is 0 Å². The highest BCUT2D eigenvalue weighted by atomic mass is 32.2. The minimum atomic E-state index is -0.0415. The van der Waals surface area contributed by atoms with Crippen molar-refractivity contribution in [3.05, 3.63) is 11.9 Å². The summed E-state index contributed by atoms with van der Waals surface area (Å²) >= 11 is 1.93. The molecular formula is C26H48N10O2S. The molecule has 3 saturated heterocycles. The number of amides is 3. The smallest absolute Gasteiger partial charge is 0.315 e. The van der Waals surface area contributed by atoms with Crippen LogP contribution < -0.4 is 31.9 Å². The molecule has 220 valence electrons. The molecule has 0 bridgehead atoms.